The summed E-state index contributed by atoms with van der Waals surface area (Å²) in [6.45, 7) is 3.20. The molecule has 0 unspecified atom stereocenters. The number of likely N-dealkylation sites (tertiary alicyclic amines) is 1. The van der Waals surface area contributed by atoms with Crippen LogP contribution < -0.4 is 5.32 Å². The number of unbranched alkanes of at least 4 members (excludes halogenated alkanes) is 1. The maximum Gasteiger partial charge on any atom is 0.338 e. The molecule has 0 bridgehead atoms. The van der Waals surface area contributed by atoms with Crippen molar-refractivity contribution in [3.05, 3.63) is 65.9 Å². The number of esters is 1. The average molecular weight is 419 g/mol. The second-order valence-electron chi connectivity index (χ2n) is 7.71. The van der Waals surface area contributed by atoms with Crippen LogP contribution in [0.4, 0.5) is 5.69 Å². The van der Waals surface area contributed by atoms with Gasteiger partial charge in [-0.3, -0.25) is 9.59 Å². The molecule has 0 radical (unpaired) electrons. The van der Waals surface area contributed by atoms with Crippen molar-refractivity contribution in [1.82, 2.24) is 9.88 Å². The number of aromatic nitrogens is 1. The molecule has 0 spiro atoms. The zero-order chi connectivity index (χ0) is 21.8. The smallest absolute Gasteiger partial charge is 0.338 e. The van der Waals surface area contributed by atoms with Gasteiger partial charge in [-0.2, -0.15) is 0 Å². The van der Waals surface area contributed by atoms with Crippen LogP contribution in [0, 0.1) is 5.92 Å². The highest BCUT2D eigenvalue weighted by Gasteiger charge is 2.36. The first-order valence-electron chi connectivity index (χ1n) is 10.5. The van der Waals surface area contributed by atoms with Gasteiger partial charge in [-0.25, -0.2) is 4.79 Å². The molecule has 2 N–H and O–H groups in total. The first kappa shape index (κ1) is 20.7. The summed E-state index contributed by atoms with van der Waals surface area (Å²) in [7, 11) is 0. The van der Waals surface area contributed by atoms with Crippen LogP contribution in [-0.2, 0) is 9.53 Å². The minimum atomic E-state index is -0.364. The first-order chi connectivity index (χ1) is 15.1. The second-order valence-corrected chi connectivity index (χ2v) is 7.71. The molecule has 1 aliphatic heterocycles. The van der Waals surface area contributed by atoms with Crippen LogP contribution in [0.3, 0.4) is 0 Å². The average Bonchev–Trinajstić information content (AvgIpc) is 3.17. The minimum Gasteiger partial charge on any atom is -0.462 e. The third kappa shape index (κ3) is 4.45. The molecule has 31 heavy (non-hydrogen) atoms. The number of aromatic amines is 1. The lowest BCUT2D eigenvalue weighted by atomic mass is 9.97. The van der Waals surface area contributed by atoms with Gasteiger partial charge in [0.15, 0.2) is 0 Å². The van der Waals surface area contributed by atoms with Crippen molar-refractivity contribution in [2.75, 3.05) is 25.0 Å². The van der Waals surface area contributed by atoms with E-state index in [0.717, 1.165) is 23.7 Å². The van der Waals surface area contributed by atoms with Gasteiger partial charge in [0.2, 0.25) is 5.91 Å². The van der Waals surface area contributed by atoms with Gasteiger partial charge in [0, 0.05) is 35.9 Å². The summed E-state index contributed by atoms with van der Waals surface area (Å²) in [5.41, 5.74) is 2.60. The minimum absolute atomic E-state index is 0.0764. The number of nitrogens with zero attached hydrogens (tertiary/aromatic N) is 1. The summed E-state index contributed by atoms with van der Waals surface area (Å²) in [6, 6.07) is 14.3. The van der Waals surface area contributed by atoms with Crippen LogP contribution in [0.5, 0.6) is 0 Å². The highest BCUT2D eigenvalue weighted by Crippen LogP contribution is 2.25. The Labute approximate surface area is 180 Å². The molecule has 1 saturated heterocycles. The van der Waals surface area contributed by atoms with Gasteiger partial charge in [-0.15, -0.1) is 0 Å². The number of para-hydroxylation sites is 1. The third-order valence-electron chi connectivity index (χ3n) is 5.48. The van der Waals surface area contributed by atoms with Crippen LogP contribution in [0.1, 0.15) is 40.5 Å². The maximum atomic E-state index is 12.8. The summed E-state index contributed by atoms with van der Waals surface area (Å²) < 4.78 is 5.18. The highest BCUT2D eigenvalue weighted by molar-refractivity contribution is 6.07. The SMILES string of the molecule is CCCCOC(=O)c1ccc(NC(=O)C2CN(C(=O)c3c[nH]c4ccccc34)C2)cc1. The van der Waals surface area contributed by atoms with Crippen LogP contribution in [-0.4, -0.2) is 47.4 Å². The molecule has 1 fully saturated rings. The number of amides is 2. The Morgan fingerprint density at radius 1 is 1.10 bits per heavy atom. The number of rotatable bonds is 7. The second kappa shape index (κ2) is 9.04. The molecule has 7 nitrogen and oxygen atoms in total. The summed E-state index contributed by atoms with van der Waals surface area (Å²) >= 11 is 0. The normalized spacial score (nSPS) is 13.6. The predicted molar refractivity (Wildman–Crippen MR) is 118 cm³/mol. The molecule has 0 aliphatic carbocycles. The number of H-pyrrole nitrogens is 1. The topological polar surface area (TPSA) is 91.5 Å². The molecule has 0 saturated carbocycles. The number of carbonyl (C=O) groups excluding carboxylic acids is 3. The van der Waals surface area contributed by atoms with E-state index >= 15 is 0 Å². The van der Waals surface area contributed by atoms with Gasteiger partial charge in [0.05, 0.1) is 23.7 Å². The number of nitrogens with one attached hydrogen (secondary N) is 2. The van der Waals surface area contributed by atoms with E-state index in [9.17, 15) is 14.4 Å². The number of ether oxygens (including phenoxy) is 1. The lowest BCUT2D eigenvalue weighted by molar-refractivity contribution is -0.123. The molecular formula is C24H25N3O4. The van der Waals surface area contributed by atoms with Crippen molar-refractivity contribution in [3.8, 4) is 0 Å². The lowest BCUT2D eigenvalue weighted by Gasteiger charge is -2.38. The van der Waals surface area contributed by atoms with E-state index < -0.39 is 0 Å². The van der Waals surface area contributed by atoms with Crippen LogP contribution >= 0.6 is 0 Å². The lowest BCUT2D eigenvalue weighted by Crippen LogP contribution is -2.54. The molecular weight excluding hydrogens is 394 g/mol. The van der Waals surface area contributed by atoms with Gasteiger partial charge in [-0.1, -0.05) is 31.5 Å². The van der Waals surface area contributed by atoms with Crippen molar-refractivity contribution >= 4 is 34.4 Å². The largest absolute Gasteiger partial charge is 0.462 e. The van der Waals surface area contributed by atoms with E-state index in [4.69, 9.17) is 4.74 Å². The van der Waals surface area contributed by atoms with E-state index in [2.05, 4.69) is 10.3 Å². The molecule has 2 aromatic carbocycles. The van der Waals surface area contributed by atoms with Crippen LogP contribution in [0.2, 0.25) is 0 Å². The maximum absolute atomic E-state index is 12.8. The van der Waals surface area contributed by atoms with Crippen molar-refractivity contribution in [2.45, 2.75) is 19.8 Å². The molecule has 7 heteroatoms. The fourth-order valence-corrected chi connectivity index (χ4v) is 3.56. The number of carbonyl (C=O) groups is 3. The van der Waals surface area contributed by atoms with Crippen LogP contribution in [0.15, 0.2) is 54.7 Å². The molecule has 2 amide bonds. The van der Waals surface area contributed by atoms with Crippen molar-refractivity contribution < 1.29 is 19.1 Å². The number of hydrogen-bond acceptors (Lipinski definition) is 4. The zero-order valence-corrected chi connectivity index (χ0v) is 17.4. The molecule has 1 aliphatic rings. The Morgan fingerprint density at radius 3 is 2.58 bits per heavy atom. The Morgan fingerprint density at radius 2 is 1.84 bits per heavy atom. The van der Waals surface area contributed by atoms with E-state index in [1.54, 1.807) is 35.4 Å². The van der Waals surface area contributed by atoms with Gasteiger partial charge in [0.25, 0.3) is 5.91 Å². The van der Waals surface area contributed by atoms with E-state index in [1.165, 1.54) is 0 Å². The molecule has 0 atom stereocenters. The van der Waals surface area contributed by atoms with E-state index in [1.807, 2.05) is 31.2 Å². The molecule has 160 valence electrons. The summed E-state index contributed by atoms with van der Waals surface area (Å²) in [4.78, 5) is 42.0. The summed E-state index contributed by atoms with van der Waals surface area (Å²) in [5.74, 6) is -0.835. The number of fused-ring (bicyclic) bond motifs is 1. The van der Waals surface area contributed by atoms with Gasteiger partial charge >= 0.3 is 5.97 Å². The highest BCUT2D eigenvalue weighted by atomic mass is 16.5. The fraction of sp³-hybridized carbons (Fsp3) is 0.292. The monoisotopic (exact) mass is 419 g/mol. The number of hydrogen-bond donors (Lipinski definition) is 2. The molecule has 2 heterocycles. The zero-order valence-electron chi connectivity index (χ0n) is 17.4. The molecule has 1 aromatic heterocycles. The summed E-state index contributed by atoms with van der Waals surface area (Å²) in [5, 5.41) is 3.73. The summed E-state index contributed by atoms with van der Waals surface area (Å²) in [6.07, 6.45) is 3.51. The van der Waals surface area contributed by atoms with E-state index in [-0.39, 0.29) is 23.7 Å². The predicted octanol–water partition coefficient (Wildman–Crippen LogP) is 3.84. The Kier molecular flexibility index (Phi) is 6.02. The number of anilines is 1. The van der Waals surface area contributed by atoms with Crippen molar-refractivity contribution in [3.63, 3.8) is 0 Å². The quantitative estimate of drug-likeness (QED) is 0.450. The number of benzene rings is 2. The first-order valence-corrected chi connectivity index (χ1v) is 10.5. The van der Waals surface area contributed by atoms with Gasteiger partial charge in [-0.05, 0) is 36.8 Å². The Balaban J connectivity index is 1.29. The third-order valence-corrected chi connectivity index (χ3v) is 5.48. The van der Waals surface area contributed by atoms with Crippen molar-refractivity contribution in [2.24, 2.45) is 5.92 Å². The molecule has 4 rings (SSSR count). The fourth-order valence-electron chi connectivity index (χ4n) is 3.56. The van der Waals surface area contributed by atoms with Crippen molar-refractivity contribution in [1.29, 1.82) is 0 Å². The van der Waals surface area contributed by atoms with Gasteiger partial charge in [0.1, 0.15) is 0 Å². The van der Waals surface area contributed by atoms with E-state index in [0.29, 0.717) is 36.5 Å². The molecule has 3 aromatic rings. The standard InChI is InChI=1S/C24H25N3O4/c1-2-3-12-31-24(30)16-8-10-18(11-9-16)26-22(28)17-14-27(15-17)23(29)20-13-25-21-7-5-4-6-19(20)21/h4-11,13,17,25H,2-3,12,14-15H2,1H3,(H,26,28). The van der Waals surface area contributed by atoms with Crippen LogP contribution in [0.25, 0.3) is 10.9 Å². The Bertz CT molecular complexity index is 1100. The van der Waals surface area contributed by atoms with Gasteiger partial charge < -0.3 is 19.9 Å². The Hall–Kier alpha value is -3.61.